The van der Waals surface area contributed by atoms with Gasteiger partial charge in [-0.2, -0.15) is 9.40 Å². The average Bonchev–Trinajstić information content (AvgIpc) is 3.23. The minimum Gasteiger partial charge on any atom is -0.340 e. The quantitative estimate of drug-likeness (QED) is 0.553. The van der Waals surface area contributed by atoms with Crippen molar-refractivity contribution < 1.29 is 13.2 Å². The Morgan fingerprint density at radius 3 is 2.33 bits per heavy atom. The molecule has 7 nitrogen and oxygen atoms in total. The van der Waals surface area contributed by atoms with Crippen molar-refractivity contribution in [2.45, 2.75) is 11.3 Å². The first-order chi connectivity index (χ1) is 14.4. The minimum atomic E-state index is -3.59. The molecule has 2 heterocycles. The van der Waals surface area contributed by atoms with Gasteiger partial charge in [-0.3, -0.25) is 4.79 Å². The number of carbonyl (C=O) groups is 1. The third kappa shape index (κ3) is 4.33. The van der Waals surface area contributed by atoms with E-state index in [1.165, 1.54) is 4.31 Å². The van der Waals surface area contributed by atoms with E-state index in [1.54, 1.807) is 40.0 Å². The first-order valence-corrected chi connectivity index (χ1v) is 11.8. The number of benzene rings is 2. The topological polar surface area (TPSA) is 75.5 Å². The molecule has 1 fully saturated rings. The molecule has 0 saturated carbocycles. The molecule has 0 bridgehead atoms. The molecule has 9 heteroatoms. The molecular formula is C21H21BrN4O3S. The van der Waals surface area contributed by atoms with Gasteiger partial charge in [-0.25, -0.2) is 13.1 Å². The predicted molar refractivity (Wildman–Crippen MR) is 117 cm³/mol. The SMILES string of the molecule is O=C(Cc1cnn(-c2ccccc2)c1)N1CCN(S(=O)(=O)c2ccccc2Br)CC1. The van der Waals surface area contributed by atoms with Crippen LogP contribution in [-0.4, -0.2) is 59.5 Å². The van der Waals surface area contributed by atoms with Gasteiger partial charge in [0.1, 0.15) is 0 Å². The van der Waals surface area contributed by atoms with Gasteiger partial charge in [0.15, 0.2) is 0 Å². The molecule has 1 aliphatic rings. The van der Waals surface area contributed by atoms with Gasteiger partial charge in [-0.05, 0) is 45.8 Å². The van der Waals surface area contributed by atoms with Crippen LogP contribution in [0.1, 0.15) is 5.56 Å². The zero-order valence-electron chi connectivity index (χ0n) is 16.2. The summed E-state index contributed by atoms with van der Waals surface area (Å²) in [5.74, 6) is -0.0273. The molecule has 1 amide bonds. The fourth-order valence-electron chi connectivity index (χ4n) is 3.43. The van der Waals surface area contributed by atoms with E-state index in [2.05, 4.69) is 21.0 Å². The fourth-order valence-corrected chi connectivity index (χ4v) is 5.82. The van der Waals surface area contributed by atoms with Crippen LogP contribution in [-0.2, 0) is 21.2 Å². The Morgan fingerprint density at radius 2 is 1.63 bits per heavy atom. The van der Waals surface area contributed by atoms with Crippen molar-refractivity contribution in [3.63, 3.8) is 0 Å². The molecule has 156 valence electrons. The van der Waals surface area contributed by atoms with Gasteiger partial charge in [0.05, 0.1) is 23.2 Å². The van der Waals surface area contributed by atoms with Gasteiger partial charge in [0, 0.05) is 36.8 Å². The zero-order valence-corrected chi connectivity index (χ0v) is 18.6. The van der Waals surface area contributed by atoms with Gasteiger partial charge in [0.25, 0.3) is 0 Å². The van der Waals surface area contributed by atoms with Crippen molar-refractivity contribution in [3.05, 3.63) is 77.0 Å². The van der Waals surface area contributed by atoms with Crippen LogP contribution < -0.4 is 0 Å². The maximum atomic E-state index is 12.9. The molecule has 30 heavy (non-hydrogen) atoms. The number of hydrogen-bond donors (Lipinski definition) is 0. The van der Waals surface area contributed by atoms with Crippen LogP contribution in [0, 0.1) is 0 Å². The zero-order chi connectivity index (χ0) is 21.1. The monoisotopic (exact) mass is 488 g/mol. The average molecular weight is 489 g/mol. The lowest BCUT2D eigenvalue weighted by molar-refractivity contribution is -0.131. The van der Waals surface area contributed by atoms with Crippen LogP contribution in [0.2, 0.25) is 0 Å². The normalized spacial score (nSPS) is 15.3. The van der Waals surface area contributed by atoms with E-state index in [4.69, 9.17) is 0 Å². The third-order valence-corrected chi connectivity index (χ3v) is 7.97. The summed E-state index contributed by atoms with van der Waals surface area (Å²) in [5.41, 5.74) is 1.76. The summed E-state index contributed by atoms with van der Waals surface area (Å²) >= 11 is 3.31. The van der Waals surface area contributed by atoms with Crippen molar-refractivity contribution in [2.75, 3.05) is 26.2 Å². The molecule has 1 aromatic heterocycles. The van der Waals surface area contributed by atoms with Crippen molar-refractivity contribution in [1.82, 2.24) is 19.0 Å². The Labute approximate surface area is 184 Å². The van der Waals surface area contributed by atoms with Crippen LogP contribution >= 0.6 is 15.9 Å². The van der Waals surface area contributed by atoms with Crippen molar-refractivity contribution in [2.24, 2.45) is 0 Å². The van der Waals surface area contributed by atoms with Crippen LogP contribution in [0.25, 0.3) is 5.69 Å². The Kier molecular flexibility index (Phi) is 6.03. The molecule has 1 saturated heterocycles. The van der Waals surface area contributed by atoms with E-state index in [0.29, 0.717) is 17.6 Å². The first kappa shape index (κ1) is 20.8. The Balaban J connectivity index is 1.37. The van der Waals surface area contributed by atoms with E-state index in [9.17, 15) is 13.2 Å². The summed E-state index contributed by atoms with van der Waals surface area (Å²) in [6.45, 7) is 1.29. The molecule has 0 unspecified atom stereocenters. The largest absolute Gasteiger partial charge is 0.340 e. The lowest BCUT2D eigenvalue weighted by Crippen LogP contribution is -2.50. The van der Waals surface area contributed by atoms with Crippen molar-refractivity contribution in [3.8, 4) is 5.69 Å². The fraction of sp³-hybridized carbons (Fsp3) is 0.238. The van der Waals surface area contributed by atoms with Crippen molar-refractivity contribution >= 4 is 31.9 Å². The second-order valence-corrected chi connectivity index (χ2v) is 9.78. The molecule has 0 aliphatic carbocycles. The standard InChI is InChI=1S/C21H21BrN4O3S/c22-19-8-4-5-9-20(19)30(28,29)25-12-10-24(11-13-25)21(27)14-17-15-23-26(16-17)18-6-2-1-3-7-18/h1-9,15-16H,10-14H2. The summed E-state index contributed by atoms with van der Waals surface area (Å²) in [6.07, 6.45) is 3.78. The molecule has 0 spiro atoms. The van der Waals surface area contributed by atoms with Gasteiger partial charge in [-0.1, -0.05) is 30.3 Å². The van der Waals surface area contributed by atoms with Gasteiger partial charge in [0.2, 0.25) is 15.9 Å². The number of sulfonamides is 1. The Hall–Kier alpha value is -2.49. The lowest BCUT2D eigenvalue weighted by Gasteiger charge is -2.34. The van der Waals surface area contributed by atoms with E-state index in [1.807, 2.05) is 36.5 Å². The highest BCUT2D eigenvalue weighted by Crippen LogP contribution is 2.25. The number of nitrogens with zero attached hydrogens (tertiary/aromatic N) is 4. The highest BCUT2D eigenvalue weighted by Gasteiger charge is 2.31. The van der Waals surface area contributed by atoms with E-state index >= 15 is 0 Å². The number of amides is 1. The smallest absolute Gasteiger partial charge is 0.244 e. The van der Waals surface area contributed by atoms with Crippen LogP contribution in [0.5, 0.6) is 0 Å². The number of para-hydroxylation sites is 1. The summed E-state index contributed by atoms with van der Waals surface area (Å²) in [7, 11) is -3.59. The van der Waals surface area contributed by atoms with Crippen molar-refractivity contribution in [1.29, 1.82) is 0 Å². The third-order valence-electron chi connectivity index (χ3n) is 5.06. The van der Waals surface area contributed by atoms with Gasteiger partial charge < -0.3 is 4.90 Å². The Morgan fingerprint density at radius 1 is 0.967 bits per heavy atom. The maximum absolute atomic E-state index is 12.9. The number of halogens is 1. The predicted octanol–water partition coefficient (Wildman–Crippen LogP) is 2.71. The number of carbonyl (C=O) groups excluding carboxylic acids is 1. The molecule has 0 atom stereocenters. The molecule has 0 N–H and O–H groups in total. The van der Waals surface area contributed by atoms with E-state index in [-0.39, 0.29) is 30.3 Å². The first-order valence-electron chi connectivity index (χ1n) is 9.56. The minimum absolute atomic E-state index is 0.0273. The molecule has 4 rings (SSSR count). The van der Waals surface area contributed by atoms with Gasteiger partial charge >= 0.3 is 0 Å². The van der Waals surface area contributed by atoms with Crippen LogP contribution in [0.4, 0.5) is 0 Å². The molecule has 2 aromatic carbocycles. The highest BCUT2D eigenvalue weighted by molar-refractivity contribution is 9.10. The lowest BCUT2D eigenvalue weighted by atomic mass is 10.2. The van der Waals surface area contributed by atoms with E-state index < -0.39 is 10.0 Å². The highest BCUT2D eigenvalue weighted by atomic mass is 79.9. The number of rotatable bonds is 5. The van der Waals surface area contributed by atoms with E-state index in [0.717, 1.165) is 11.3 Å². The van der Waals surface area contributed by atoms with Crippen LogP contribution in [0.15, 0.2) is 76.4 Å². The molecule has 0 radical (unpaired) electrons. The summed E-state index contributed by atoms with van der Waals surface area (Å²) in [6, 6.07) is 16.5. The molecular weight excluding hydrogens is 468 g/mol. The second kappa shape index (κ2) is 8.71. The summed E-state index contributed by atoms with van der Waals surface area (Å²) in [5, 5.41) is 4.32. The molecule has 1 aliphatic heterocycles. The number of hydrogen-bond acceptors (Lipinski definition) is 4. The summed E-state index contributed by atoms with van der Waals surface area (Å²) < 4.78 is 29.5. The maximum Gasteiger partial charge on any atom is 0.244 e. The van der Waals surface area contributed by atoms with Gasteiger partial charge in [-0.15, -0.1) is 0 Å². The molecule has 3 aromatic rings. The summed E-state index contributed by atoms with van der Waals surface area (Å²) in [4.78, 5) is 14.7. The Bertz CT molecular complexity index is 1140. The second-order valence-electron chi connectivity index (χ2n) is 7.02. The van der Waals surface area contributed by atoms with Crippen LogP contribution in [0.3, 0.4) is 0 Å². The number of piperazine rings is 1. The number of aromatic nitrogens is 2.